The van der Waals surface area contributed by atoms with Gasteiger partial charge in [-0.15, -0.1) is 0 Å². The second-order valence-electron chi connectivity index (χ2n) is 6.68. The first-order chi connectivity index (χ1) is 9.78. The van der Waals surface area contributed by atoms with Gasteiger partial charge in [-0.2, -0.15) is 0 Å². The number of amides is 1. The lowest BCUT2D eigenvalue weighted by Gasteiger charge is -2.45. The minimum absolute atomic E-state index is 0.307. The number of hydrogen-bond acceptors (Lipinski definition) is 3. The van der Waals surface area contributed by atoms with Crippen molar-refractivity contribution < 1.29 is 9.53 Å². The fourth-order valence-electron chi connectivity index (χ4n) is 3.94. The molecular formula is C16H28N2O2. The molecule has 3 rings (SSSR count). The molecule has 3 fully saturated rings. The van der Waals surface area contributed by atoms with Crippen LogP contribution < -0.4 is 0 Å². The summed E-state index contributed by atoms with van der Waals surface area (Å²) in [6, 6.07) is 0.695. The van der Waals surface area contributed by atoms with Gasteiger partial charge in [-0.1, -0.05) is 6.42 Å². The van der Waals surface area contributed by atoms with E-state index >= 15 is 0 Å². The van der Waals surface area contributed by atoms with Crippen LogP contribution in [0.15, 0.2) is 0 Å². The minimum atomic E-state index is 0.307. The second kappa shape index (κ2) is 6.44. The summed E-state index contributed by atoms with van der Waals surface area (Å²) in [4.78, 5) is 17.2. The largest absolute Gasteiger partial charge is 0.381 e. The number of likely N-dealkylation sites (tertiary alicyclic amines) is 2. The predicted octanol–water partition coefficient (Wildman–Crippen LogP) is 1.89. The zero-order valence-corrected chi connectivity index (χ0v) is 12.7. The Morgan fingerprint density at radius 2 is 1.65 bits per heavy atom. The lowest BCUT2D eigenvalue weighted by molar-refractivity contribution is -0.143. The fraction of sp³-hybridized carbons (Fsp3) is 0.938. The molecule has 20 heavy (non-hydrogen) atoms. The smallest absolute Gasteiger partial charge is 0.225 e. The number of ether oxygens (including phenoxy) is 1. The van der Waals surface area contributed by atoms with Crippen LogP contribution in [0.1, 0.15) is 44.9 Å². The molecule has 4 nitrogen and oxygen atoms in total. The maximum atomic E-state index is 12.5. The van der Waals surface area contributed by atoms with Crippen molar-refractivity contribution in [1.29, 1.82) is 0 Å². The minimum Gasteiger partial charge on any atom is -0.381 e. The number of carbonyl (C=O) groups excluding carboxylic acids is 1. The molecule has 1 aliphatic carbocycles. The average molecular weight is 280 g/mol. The van der Waals surface area contributed by atoms with Crippen molar-refractivity contribution in [2.24, 2.45) is 5.92 Å². The van der Waals surface area contributed by atoms with E-state index in [1.165, 1.54) is 32.4 Å². The molecule has 0 N–H and O–H groups in total. The average Bonchev–Trinajstić information content (AvgIpc) is 2.47. The molecule has 0 aromatic carbocycles. The van der Waals surface area contributed by atoms with Gasteiger partial charge in [0.2, 0.25) is 5.91 Å². The van der Waals surface area contributed by atoms with Gasteiger partial charge >= 0.3 is 0 Å². The van der Waals surface area contributed by atoms with Gasteiger partial charge in [-0.3, -0.25) is 4.79 Å². The molecule has 1 amide bonds. The van der Waals surface area contributed by atoms with Crippen LogP contribution in [0.25, 0.3) is 0 Å². The van der Waals surface area contributed by atoms with Gasteiger partial charge in [0.05, 0.1) is 6.10 Å². The Morgan fingerprint density at radius 1 is 1.00 bits per heavy atom. The Labute approximate surface area is 122 Å². The maximum absolute atomic E-state index is 12.5. The van der Waals surface area contributed by atoms with Crippen molar-refractivity contribution in [3.8, 4) is 0 Å². The second-order valence-corrected chi connectivity index (χ2v) is 6.68. The molecule has 2 saturated heterocycles. The van der Waals surface area contributed by atoms with E-state index in [1.54, 1.807) is 7.11 Å². The lowest BCUT2D eigenvalue weighted by atomic mass is 9.77. The summed E-state index contributed by atoms with van der Waals surface area (Å²) >= 11 is 0. The summed E-state index contributed by atoms with van der Waals surface area (Å²) in [5, 5.41) is 0. The van der Waals surface area contributed by atoms with Crippen LogP contribution in [0, 0.1) is 5.92 Å². The molecule has 0 spiro atoms. The molecular weight excluding hydrogens is 252 g/mol. The van der Waals surface area contributed by atoms with Crippen LogP contribution >= 0.6 is 0 Å². The van der Waals surface area contributed by atoms with Crippen LogP contribution in [0.4, 0.5) is 0 Å². The maximum Gasteiger partial charge on any atom is 0.225 e. The molecule has 3 aliphatic rings. The highest BCUT2D eigenvalue weighted by atomic mass is 16.5. The highest BCUT2D eigenvalue weighted by molar-refractivity contribution is 5.80. The summed E-state index contributed by atoms with van der Waals surface area (Å²) in [5.41, 5.74) is 0. The Bertz CT molecular complexity index is 327. The number of hydrogen-bond donors (Lipinski definition) is 0. The summed E-state index contributed by atoms with van der Waals surface area (Å²) in [6.07, 6.45) is 8.65. The van der Waals surface area contributed by atoms with E-state index in [0.717, 1.165) is 38.8 Å². The van der Waals surface area contributed by atoms with Crippen molar-refractivity contribution >= 4 is 5.91 Å². The third-order valence-corrected chi connectivity index (χ3v) is 5.46. The number of rotatable bonds is 3. The molecule has 0 bridgehead atoms. The topological polar surface area (TPSA) is 32.8 Å². The van der Waals surface area contributed by atoms with Gasteiger partial charge in [-0.05, 0) is 51.6 Å². The standard InChI is InChI=1S/C16H28N2O2/c1-20-15-5-9-18(10-6-15)16(19)13-11-14(12-13)17-7-3-2-4-8-17/h13-15H,2-12H2,1H3. The summed E-state index contributed by atoms with van der Waals surface area (Å²) in [5.74, 6) is 0.717. The molecule has 4 heteroatoms. The van der Waals surface area contributed by atoms with Gasteiger partial charge in [-0.25, -0.2) is 0 Å². The zero-order chi connectivity index (χ0) is 13.9. The van der Waals surface area contributed by atoms with Gasteiger partial charge in [0.1, 0.15) is 0 Å². The third kappa shape index (κ3) is 3.01. The molecule has 1 saturated carbocycles. The van der Waals surface area contributed by atoms with Gasteiger partial charge < -0.3 is 14.5 Å². The normalized spacial score (nSPS) is 33.0. The van der Waals surface area contributed by atoms with E-state index in [1.807, 2.05) is 0 Å². The summed E-state index contributed by atoms with van der Waals surface area (Å²) in [7, 11) is 1.78. The Morgan fingerprint density at radius 3 is 2.25 bits per heavy atom. The Hall–Kier alpha value is -0.610. The highest BCUT2D eigenvalue weighted by Crippen LogP contribution is 2.35. The van der Waals surface area contributed by atoms with E-state index in [-0.39, 0.29) is 0 Å². The van der Waals surface area contributed by atoms with Crippen molar-refractivity contribution in [3.05, 3.63) is 0 Å². The summed E-state index contributed by atoms with van der Waals surface area (Å²) < 4.78 is 5.37. The molecule has 2 aliphatic heterocycles. The first-order valence-corrected chi connectivity index (χ1v) is 8.33. The summed E-state index contributed by atoms with van der Waals surface area (Å²) in [6.45, 7) is 4.29. The highest BCUT2D eigenvalue weighted by Gasteiger charge is 2.40. The number of nitrogens with zero attached hydrogens (tertiary/aromatic N) is 2. The van der Waals surface area contributed by atoms with Crippen LogP contribution in [0.5, 0.6) is 0 Å². The first-order valence-electron chi connectivity index (χ1n) is 8.33. The third-order valence-electron chi connectivity index (χ3n) is 5.46. The number of methoxy groups -OCH3 is 1. The van der Waals surface area contributed by atoms with Gasteiger partial charge in [0.15, 0.2) is 0 Å². The van der Waals surface area contributed by atoms with Crippen LogP contribution in [-0.2, 0) is 9.53 Å². The van der Waals surface area contributed by atoms with E-state index < -0.39 is 0 Å². The van der Waals surface area contributed by atoms with E-state index in [0.29, 0.717) is 24.0 Å². The molecule has 2 heterocycles. The molecule has 0 atom stereocenters. The van der Waals surface area contributed by atoms with E-state index in [9.17, 15) is 4.79 Å². The number of carbonyl (C=O) groups is 1. The predicted molar refractivity (Wildman–Crippen MR) is 78.5 cm³/mol. The first kappa shape index (κ1) is 14.3. The molecule has 0 aromatic heterocycles. The Kier molecular flexibility index (Phi) is 4.61. The Balaban J connectivity index is 1.41. The lowest BCUT2D eigenvalue weighted by Crippen LogP contribution is -2.53. The van der Waals surface area contributed by atoms with E-state index in [4.69, 9.17) is 4.74 Å². The zero-order valence-electron chi connectivity index (χ0n) is 12.7. The van der Waals surface area contributed by atoms with E-state index in [2.05, 4.69) is 9.80 Å². The van der Waals surface area contributed by atoms with Crippen molar-refractivity contribution in [2.45, 2.75) is 57.1 Å². The van der Waals surface area contributed by atoms with Gasteiger partial charge in [0, 0.05) is 32.2 Å². The molecule has 0 aromatic rings. The monoisotopic (exact) mass is 280 g/mol. The van der Waals surface area contributed by atoms with Gasteiger partial charge in [0.25, 0.3) is 0 Å². The van der Waals surface area contributed by atoms with Crippen LogP contribution in [0.3, 0.4) is 0 Å². The molecule has 0 radical (unpaired) electrons. The van der Waals surface area contributed by atoms with Crippen LogP contribution in [0.2, 0.25) is 0 Å². The molecule has 0 unspecified atom stereocenters. The fourth-order valence-corrected chi connectivity index (χ4v) is 3.94. The number of piperidine rings is 2. The van der Waals surface area contributed by atoms with Crippen molar-refractivity contribution in [3.63, 3.8) is 0 Å². The quantitative estimate of drug-likeness (QED) is 0.791. The SMILES string of the molecule is COC1CCN(C(=O)C2CC(N3CCCCC3)C2)CC1. The van der Waals surface area contributed by atoms with Crippen molar-refractivity contribution in [2.75, 3.05) is 33.3 Å². The molecule has 114 valence electrons. The van der Waals surface area contributed by atoms with Crippen LogP contribution in [-0.4, -0.2) is 61.1 Å². The van der Waals surface area contributed by atoms with Crippen molar-refractivity contribution in [1.82, 2.24) is 9.80 Å².